The normalized spacial score (nSPS) is 31.5. The molecule has 2 aromatic rings. The monoisotopic (exact) mass is 368 g/mol. The van der Waals surface area contributed by atoms with Crippen molar-refractivity contribution in [2.24, 2.45) is 23.2 Å². The molecule has 1 aromatic heterocycles. The Bertz CT molecular complexity index is 821. The molecule has 3 N–H and O–H groups in total. The average molecular weight is 368 g/mol. The van der Waals surface area contributed by atoms with E-state index in [1.807, 2.05) is 12.1 Å². The van der Waals surface area contributed by atoms with Crippen LogP contribution in [-0.2, 0) is 11.3 Å². The van der Waals surface area contributed by atoms with Crippen molar-refractivity contribution in [2.45, 2.75) is 45.1 Å². The largest absolute Gasteiger partial charge is 0.508 e. The molecule has 6 rings (SSSR count). The molecule has 4 saturated carbocycles. The molecule has 1 heterocycles. The predicted molar refractivity (Wildman–Crippen MR) is 103 cm³/mol. The second-order valence-electron chi connectivity index (χ2n) is 9.07. The van der Waals surface area contributed by atoms with Crippen molar-refractivity contribution in [3.8, 4) is 5.75 Å². The van der Waals surface area contributed by atoms with Gasteiger partial charge in [-0.05, 0) is 74.5 Å². The zero-order valence-electron chi connectivity index (χ0n) is 15.7. The molecule has 144 valence electrons. The molecule has 1 amide bonds. The highest BCUT2D eigenvalue weighted by Gasteiger charge is 2.54. The fourth-order valence-electron chi connectivity index (χ4n) is 6.21. The number of benzene rings is 1. The van der Waals surface area contributed by atoms with Gasteiger partial charge in [-0.1, -0.05) is 0 Å². The van der Waals surface area contributed by atoms with Gasteiger partial charge in [-0.3, -0.25) is 4.79 Å². The second kappa shape index (κ2) is 6.55. The van der Waals surface area contributed by atoms with Crippen LogP contribution in [0.1, 0.15) is 44.3 Å². The Hall–Kier alpha value is -2.01. The molecule has 0 radical (unpaired) electrons. The smallest absolute Gasteiger partial charge is 0.226 e. The lowest BCUT2D eigenvalue weighted by molar-refractivity contribution is -0.146. The fourth-order valence-corrected chi connectivity index (χ4v) is 6.21. The molecule has 0 atom stereocenters. The van der Waals surface area contributed by atoms with E-state index in [4.69, 9.17) is 4.42 Å². The van der Waals surface area contributed by atoms with Gasteiger partial charge in [-0.25, -0.2) is 0 Å². The Kier molecular flexibility index (Phi) is 4.15. The molecule has 27 heavy (non-hydrogen) atoms. The zero-order valence-corrected chi connectivity index (χ0v) is 15.7. The highest BCUT2D eigenvalue weighted by molar-refractivity contribution is 5.83. The van der Waals surface area contributed by atoms with Gasteiger partial charge in [0, 0.05) is 30.0 Å². The first-order valence-electron chi connectivity index (χ1n) is 10.3. The number of carbonyl (C=O) groups excluding carboxylic acids is 1. The first-order chi connectivity index (χ1) is 13.1. The maximum Gasteiger partial charge on any atom is 0.226 e. The van der Waals surface area contributed by atoms with Crippen molar-refractivity contribution in [1.82, 2.24) is 10.6 Å². The SMILES string of the molecule is O=C(NCCNCc1cc2ccc(O)cc2o1)C12CC3CC(CC(C3)C1)C2. The highest BCUT2D eigenvalue weighted by atomic mass is 16.3. The number of carbonyl (C=O) groups is 1. The number of hydrogen-bond acceptors (Lipinski definition) is 4. The molecular formula is C22H28N2O3. The van der Waals surface area contributed by atoms with Gasteiger partial charge >= 0.3 is 0 Å². The average Bonchev–Trinajstić information content (AvgIpc) is 3.02. The number of hydrogen-bond donors (Lipinski definition) is 3. The molecular weight excluding hydrogens is 340 g/mol. The van der Waals surface area contributed by atoms with E-state index in [0.29, 0.717) is 24.6 Å². The highest BCUT2D eigenvalue weighted by Crippen LogP contribution is 2.60. The minimum atomic E-state index is -0.0600. The van der Waals surface area contributed by atoms with Crippen LogP contribution in [0.3, 0.4) is 0 Å². The van der Waals surface area contributed by atoms with Gasteiger partial charge in [-0.15, -0.1) is 0 Å². The van der Waals surface area contributed by atoms with E-state index >= 15 is 0 Å². The molecule has 5 heteroatoms. The first-order valence-corrected chi connectivity index (χ1v) is 10.3. The molecule has 4 fully saturated rings. The molecule has 4 bridgehead atoms. The topological polar surface area (TPSA) is 74.5 Å². The van der Waals surface area contributed by atoms with Crippen LogP contribution in [0.25, 0.3) is 11.0 Å². The van der Waals surface area contributed by atoms with Gasteiger partial charge in [0.25, 0.3) is 0 Å². The quantitative estimate of drug-likeness (QED) is 0.682. The van der Waals surface area contributed by atoms with Crippen LogP contribution in [-0.4, -0.2) is 24.1 Å². The Morgan fingerprint density at radius 2 is 1.78 bits per heavy atom. The van der Waals surface area contributed by atoms with Crippen LogP contribution in [0.15, 0.2) is 28.7 Å². The molecule has 0 aliphatic heterocycles. The minimum absolute atomic E-state index is 0.0600. The van der Waals surface area contributed by atoms with Crippen molar-refractivity contribution in [1.29, 1.82) is 0 Å². The second-order valence-corrected chi connectivity index (χ2v) is 9.07. The summed E-state index contributed by atoms with van der Waals surface area (Å²) in [6.07, 6.45) is 7.44. The lowest BCUT2D eigenvalue weighted by atomic mass is 9.49. The molecule has 0 saturated heterocycles. The molecule has 0 spiro atoms. The Labute approximate surface area is 159 Å². The van der Waals surface area contributed by atoms with Gasteiger partial charge in [-0.2, -0.15) is 0 Å². The van der Waals surface area contributed by atoms with Crippen molar-refractivity contribution in [3.05, 3.63) is 30.0 Å². The van der Waals surface area contributed by atoms with Gasteiger partial charge in [0.1, 0.15) is 17.1 Å². The molecule has 1 aromatic carbocycles. The number of fused-ring (bicyclic) bond motifs is 1. The van der Waals surface area contributed by atoms with Crippen LogP contribution in [0, 0.1) is 23.2 Å². The standard InChI is InChI=1S/C22H28N2O3/c25-18-2-1-17-8-19(27-20(17)9-18)13-23-3-4-24-21(26)22-10-14-5-15(11-22)7-16(6-14)12-22/h1-2,8-9,14-16,23,25H,3-7,10-13H2,(H,24,26). The van der Waals surface area contributed by atoms with Crippen molar-refractivity contribution in [2.75, 3.05) is 13.1 Å². The van der Waals surface area contributed by atoms with E-state index in [2.05, 4.69) is 10.6 Å². The summed E-state index contributed by atoms with van der Waals surface area (Å²) < 4.78 is 5.73. The number of furan rings is 1. The van der Waals surface area contributed by atoms with E-state index < -0.39 is 0 Å². The summed E-state index contributed by atoms with van der Waals surface area (Å²) in [4.78, 5) is 12.9. The van der Waals surface area contributed by atoms with E-state index in [9.17, 15) is 9.90 Å². The Balaban J connectivity index is 1.10. The van der Waals surface area contributed by atoms with E-state index in [0.717, 1.165) is 54.7 Å². The third kappa shape index (κ3) is 3.22. The number of phenolic OH excluding ortho intramolecular Hbond substituents is 1. The lowest BCUT2D eigenvalue weighted by Gasteiger charge is -2.55. The summed E-state index contributed by atoms with van der Waals surface area (Å²) in [6.45, 7) is 1.99. The van der Waals surface area contributed by atoms with Gasteiger partial charge in [0.15, 0.2) is 0 Å². The van der Waals surface area contributed by atoms with Gasteiger partial charge in [0.05, 0.1) is 6.54 Å². The number of aromatic hydroxyl groups is 1. The van der Waals surface area contributed by atoms with Crippen LogP contribution in [0.4, 0.5) is 0 Å². The number of rotatable bonds is 6. The summed E-state index contributed by atoms with van der Waals surface area (Å²) in [7, 11) is 0. The fraction of sp³-hybridized carbons (Fsp3) is 0.591. The predicted octanol–water partition coefficient (Wildman–Crippen LogP) is 3.56. The summed E-state index contributed by atoms with van der Waals surface area (Å²) in [5.41, 5.74) is 0.636. The molecule has 4 aliphatic carbocycles. The third-order valence-electron chi connectivity index (χ3n) is 6.96. The van der Waals surface area contributed by atoms with E-state index in [1.54, 1.807) is 12.1 Å². The van der Waals surface area contributed by atoms with Crippen molar-refractivity contribution >= 4 is 16.9 Å². The number of amides is 1. The van der Waals surface area contributed by atoms with Crippen LogP contribution in [0.5, 0.6) is 5.75 Å². The maximum atomic E-state index is 12.9. The summed E-state index contributed by atoms with van der Waals surface area (Å²) in [6, 6.07) is 7.12. The lowest BCUT2D eigenvalue weighted by Crippen LogP contribution is -2.54. The Morgan fingerprint density at radius 3 is 2.48 bits per heavy atom. The minimum Gasteiger partial charge on any atom is -0.508 e. The Morgan fingerprint density at radius 1 is 1.07 bits per heavy atom. The van der Waals surface area contributed by atoms with Crippen molar-refractivity contribution < 1.29 is 14.3 Å². The first kappa shape index (κ1) is 17.1. The summed E-state index contributed by atoms with van der Waals surface area (Å²) >= 11 is 0. The zero-order chi connectivity index (χ0) is 18.4. The van der Waals surface area contributed by atoms with Crippen LogP contribution >= 0.6 is 0 Å². The molecule has 4 aliphatic rings. The van der Waals surface area contributed by atoms with Crippen LogP contribution < -0.4 is 10.6 Å². The maximum absolute atomic E-state index is 12.9. The third-order valence-corrected chi connectivity index (χ3v) is 6.96. The van der Waals surface area contributed by atoms with Gasteiger partial charge < -0.3 is 20.2 Å². The summed E-state index contributed by atoms with van der Waals surface area (Å²) in [5, 5.41) is 17.0. The van der Waals surface area contributed by atoms with Crippen LogP contribution in [0.2, 0.25) is 0 Å². The molecule has 0 unspecified atom stereocenters. The number of nitrogens with one attached hydrogen (secondary N) is 2. The van der Waals surface area contributed by atoms with E-state index in [-0.39, 0.29) is 11.2 Å². The van der Waals surface area contributed by atoms with Crippen molar-refractivity contribution in [3.63, 3.8) is 0 Å². The number of phenols is 1. The van der Waals surface area contributed by atoms with Gasteiger partial charge in [0.2, 0.25) is 5.91 Å². The van der Waals surface area contributed by atoms with E-state index in [1.165, 1.54) is 19.3 Å². The molecule has 5 nitrogen and oxygen atoms in total. The summed E-state index contributed by atoms with van der Waals surface area (Å²) in [5.74, 6) is 3.74.